The van der Waals surface area contributed by atoms with E-state index in [0.717, 1.165) is 24.2 Å². The molecule has 0 bridgehead atoms. The second-order valence-corrected chi connectivity index (χ2v) is 7.86. The van der Waals surface area contributed by atoms with Crippen molar-refractivity contribution < 1.29 is 19.0 Å². The van der Waals surface area contributed by atoms with Gasteiger partial charge in [-0.1, -0.05) is 24.3 Å². The summed E-state index contributed by atoms with van der Waals surface area (Å²) in [5.41, 5.74) is 1.39. The van der Waals surface area contributed by atoms with E-state index in [0.29, 0.717) is 30.2 Å². The predicted octanol–water partition coefficient (Wildman–Crippen LogP) is 4.56. The number of methoxy groups -OCH3 is 1. The first-order valence-electron chi connectivity index (χ1n) is 10.1. The lowest BCUT2D eigenvalue weighted by Gasteiger charge is -2.42. The van der Waals surface area contributed by atoms with E-state index in [1.807, 2.05) is 36.9 Å². The van der Waals surface area contributed by atoms with Gasteiger partial charge in [0.2, 0.25) is 0 Å². The van der Waals surface area contributed by atoms with Crippen LogP contribution in [-0.4, -0.2) is 42.7 Å². The van der Waals surface area contributed by atoms with Gasteiger partial charge < -0.3 is 19.1 Å². The first-order valence-corrected chi connectivity index (χ1v) is 10.1. The summed E-state index contributed by atoms with van der Waals surface area (Å²) < 4.78 is 17.5. The van der Waals surface area contributed by atoms with Gasteiger partial charge in [0.05, 0.1) is 13.2 Å². The lowest BCUT2D eigenvalue weighted by Crippen LogP contribution is -2.49. The van der Waals surface area contributed by atoms with Crippen LogP contribution < -0.4 is 14.2 Å². The summed E-state index contributed by atoms with van der Waals surface area (Å²) in [5, 5.41) is 0. The molecule has 2 aromatic carbocycles. The Morgan fingerprint density at radius 3 is 2.59 bits per heavy atom. The van der Waals surface area contributed by atoms with Gasteiger partial charge in [0.15, 0.2) is 11.5 Å². The summed E-state index contributed by atoms with van der Waals surface area (Å²) in [7, 11) is 1.59. The number of hydrogen-bond donors (Lipinski definition) is 0. The van der Waals surface area contributed by atoms with Crippen molar-refractivity contribution in [3.63, 3.8) is 0 Å². The van der Waals surface area contributed by atoms with Crippen molar-refractivity contribution in [1.82, 2.24) is 4.90 Å². The van der Waals surface area contributed by atoms with Crippen LogP contribution in [0.15, 0.2) is 48.5 Å². The van der Waals surface area contributed by atoms with Crippen molar-refractivity contribution in [2.45, 2.75) is 38.4 Å². The summed E-state index contributed by atoms with van der Waals surface area (Å²) in [6.45, 7) is 5.22. The first-order chi connectivity index (χ1) is 14.0. The third kappa shape index (κ3) is 3.95. The Bertz CT molecular complexity index is 926. The maximum absolute atomic E-state index is 13.0. The molecule has 29 heavy (non-hydrogen) atoms. The Kier molecular flexibility index (Phi) is 5.22. The number of nitrogens with zero attached hydrogens (tertiary/aromatic N) is 1. The number of ether oxygens (including phenoxy) is 3. The molecule has 2 aliphatic heterocycles. The lowest BCUT2D eigenvalue weighted by molar-refractivity contribution is 0.0329. The highest BCUT2D eigenvalue weighted by Crippen LogP contribution is 2.37. The molecule has 0 aliphatic carbocycles. The van der Waals surface area contributed by atoms with E-state index < -0.39 is 0 Å². The minimum absolute atomic E-state index is 0.00874. The molecular formula is C24H27NO4. The molecule has 1 saturated heterocycles. The molecule has 152 valence electrons. The van der Waals surface area contributed by atoms with Crippen molar-refractivity contribution in [3.8, 4) is 17.2 Å². The monoisotopic (exact) mass is 393 g/mol. The van der Waals surface area contributed by atoms with Gasteiger partial charge in [0.25, 0.3) is 5.91 Å². The van der Waals surface area contributed by atoms with Gasteiger partial charge in [-0.25, -0.2) is 0 Å². The Morgan fingerprint density at radius 2 is 1.86 bits per heavy atom. The van der Waals surface area contributed by atoms with Gasteiger partial charge in [0, 0.05) is 37.1 Å². The van der Waals surface area contributed by atoms with Crippen LogP contribution in [-0.2, 0) is 0 Å². The molecule has 0 unspecified atom stereocenters. The summed E-state index contributed by atoms with van der Waals surface area (Å²) in [5.74, 6) is 2.15. The van der Waals surface area contributed by atoms with Gasteiger partial charge in [0.1, 0.15) is 11.4 Å². The van der Waals surface area contributed by atoms with Crippen molar-refractivity contribution in [2.75, 3.05) is 20.2 Å². The summed E-state index contributed by atoms with van der Waals surface area (Å²) in [4.78, 5) is 14.9. The number of rotatable bonds is 4. The highest BCUT2D eigenvalue weighted by molar-refractivity contribution is 5.95. The molecule has 0 saturated carbocycles. The van der Waals surface area contributed by atoms with E-state index in [2.05, 4.69) is 18.2 Å². The van der Waals surface area contributed by atoms with E-state index in [4.69, 9.17) is 14.2 Å². The van der Waals surface area contributed by atoms with Gasteiger partial charge in [-0.3, -0.25) is 4.79 Å². The normalized spacial score (nSPS) is 17.0. The van der Waals surface area contributed by atoms with Crippen LogP contribution in [0.2, 0.25) is 0 Å². The third-order valence-corrected chi connectivity index (χ3v) is 5.47. The molecular weight excluding hydrogens is 366 g/mol. The zero-order valence-electron chi connectivity index (χ0n) is 17.2. The topological polar surface area (TPSA) is 48.0 Å². The average molecular weight is 393 g/mol. The maximum atomic E-state index is 13.0. The van der Waals surface area contributed by atoms with E-state index in [1.54, 1.807) is 25.3 Å². The molecule has 2 aromatic rings. The second-order valence-electron chi connectivity index (χ2n) is 7.86. The Hall–Kier alpha value is -2.95. The molecule has 5 heteroatoms. The van der Waals surface area contributed by atoms with E-state index >= 15 is 0 Å². The van der Waals surface area contributed by atoms with Crippen molar-refractivity contribution in [3.05, 3.63) is 59.7 Å². The summed E-state index contributed by atoms with van der Waals surface area (Å²) in [6, 6.07) is 13.4. The number of benzene rings is 2. The largest absolute Gasteiger partial charge is 0.493 e. The molecule has 0 N–H and O–H groups in total. The van der Waals surface area contributed by atoms with Crippen molar-refractivity contribution in [2.24, 2.45) is 0 Å². The molecule has 4 rings (SSSR count). The molecule has 1 fully saturated rings. The highest BCUT2D eigenvalue weighted by atomic mass is 16.5. The number of carbonyl (C=O) groups excluding carboxylic acids is 1. The van der Waals surface area contributed by atoms with Crippen LogP contribution in [0.3, 0.4) is 0 Å². The zero-order chi connectivity index (χ0) is 20.4. The fourth-order valence-corrected chi connectivity index (χ4v) is 3.90. The maximum Gasteiger partial charge on any atom is 0.253 e. The van der Waals surface area contributed by atoms with Crippen LogP contribution in [0.25, 0.3) is 6.08 Å². The van der Waals surface area contributed by atoms with E-state index in [9.17, 15) is 4.79 Å². The van der Waals surface area contributed by atoms with Crippen LogP contribution in [0, 0.1) is 0 Å². The summed E-state index contributed by atoms with van der Waals surface area (Å²) >= 11 is 0. The van der Waals surface area contributed by atoms with Gasteiger partial charge in [-0.2, -0.15) is 0 Å². The van der Waals surface area contributed by atoms with Crippen LogP contribution >= 0.6 is 0 Å². The number of carbonyl (C=O) groups is 1. The molecule has 5 nitrogen and oxygen atoms in total. The molecule has 2 heterocycles. The molecule has 1 amide bonds. The Balaban J connectivity index is 1.45. The number of likely N-dealkylation sites (tertiary alicyclic amines) is 1. The quantitative estimate of drug-likeness (QED) is 0.764. The zero-order valence-corrected chi connectivity index (χ0v) is 17.2. The minimum atomic E-state index is -0.322. The van der Waals surface area contributed by atoms with Crippen molar-refractivity contribution in [1.29, 1.82) is 0 Å². The minimum Gasteiger partial charge on any atom is -0.493 e. The van der Waals surface area contributed by atoms with Gasteiger partial charge in [-0.15, -0.1) is 0 Å². The molecule has 1 spiro atoms. The third-order valence-electron chi connectivity index (χ3n) is 5.47. The van der Waals surface area contributed by atoms with Crippen molar-refractivity contribution >= 4 is 12.0 Å². The average Bonchev–Trinajstić information content (AvgIpc) is 2.73. The smallest absolute Gasteiger partial charge is 0.253 e. The van der Waals surface area contributed by atoms with E-state index in [-0.39, 0.29) is 17.6 Å². The number of piperidine rings is 1. The van der Waals surface area contributed by atoms with Crippen LogP contribution in [0.5, 0.6) is 17.2 Å². The van der Waals surface area contributed by atoms with Crippen LogP contribution in [0.1, 0.15) is 42.6 Å². The Labute approximate surface area is 171 Å². The number of fused-ring (bicyclic) bond motifs is 1. The summed E-state index contributed by atoms with van der Waals surface area (Å²) in [6.07, 6.45) is 5.87. The fourth-order valence-electron chi connectivity index (χ4n) is 3.90. The van der Waals surface area contributed by atoms with E-state index in [1.165, 1.54) is 0 Å². The first kappa shape index (κ1) is 19.4. The molecule has 0 radical (unpaired) electrons. The van der Waals surface area contributed by atoms with Gasteiger partial charge in [-0.05, 0) is 44.2 Å². The number of para-hydroxylation sites is 1. The fraction of sp³-hybridized carbons (Fsp3) is 0.375. The SMILES string of the molecule is COc1cc(C(=O)N2CCC3(C=Cc4ccccc4O3)CC2)ccc1OC(C)C. The molecule has 2 aliphatic rings. The molecule has 0 atom stereocenters. The number of amides is 1. The highest BCUT2D eigenvalue weighted by Gasteiger charge is 2.38. The lowest BCUT2D eigenvalue weighted by atomic mass is 9.88. The predicted molar refractivity (Wildman–Crippen MR) is 113 cm³/mol. The van der Waals surface area contributed by atoms with Crippen LogP contribution in [0.4, 0.5) is 0 Å². The molecule has 0 aromatic heterocycles. The standard InChI is InChI=1S/C24H27NO4/c1-17(2)28-21-9-8-19(16-22(21)27-3)23(26)25-14-12-24(13-15-25)11-10-18-6-4-5-7-20(18)29-24/h4-11,16-17H,12-15H2,1-3H3. The Morgan fingerprint density at radius 1 is 1.10 bits per heavy atom. The second kappa shape index (κ2) is 7.82. The number of hydrogen-bond acceptors (Lipinski definition) is 4. The van der Waals surface area contributed by atoms with Gasteiger partial charge >= 0.3 is 0 Å².